The van der Waals surface area contributed by atoms with Gasteiger partial charge >= 0.3 is 6.09 Å². The Labute approximate surface area is 155 Å². The van der Waals surface area contributed by atoms with Crippen LogP contribution in [0.4, 0.5) is 10.7 Å². The van der Waals surface area contributed by atoms with Crippen LogP contribution in [0.25, 0.3) is 10.6 Å². The normalized spacial score (nSPS) is 17.8. The third kappa shape index (κ3) is 4.19. The molecule has 1 unspecified atom stereocenters. The summed E-state index contributed by atoms with van der Waals surface area (Å²) >= 11 is 7.67. The van der Waals surface area contributed by atoms with E-state index in [0.717, 1.165) is 16.3 Å². The minimum absolute atomic E-state index is 0.173. The molecule has 3 rings (SSSR count). The zero-order valence-corrected chi connectivity index (χ0v) is 15.9. The molecule has 134 valence electrons. The van der Waals surface area contributed by atoms with Crippen molar-refractivity contribution in [1.82, 2.24) is 19.9 Å². The SMILES string of the molecule is CC(C)(C)OC(=O)N1CCC(c2ncc(-c3nc(N)ncc3Cl)s2)C1. The average Bonchev–Trinajstić information content (AvgIpc) is 3.16. The molecule has 1 saturated heterocycles. The number of halogens is 1. The molecular weight excluding hydrogens is 362 g/mol. The van der Waals surface area contributed by atoms with Gasteiger partial charge in [-0.05, 0) is 27.2 Å². The maximum absolute atomic E-state index is 12.2. The molecule has 2 aromatic heterocycles. The van der Waals surface area contributed by atoms with Crippen LogP contribution in [0.2, 0.25) is 5.02 Å². The number of nitrogens with zero attached hydrogens (tertiary/aromatic N) is 4. The van der Waals surface area contributed by atoms with Crippen molar-refractivity contribution in [3.05, 3.63) is 22.4 Å². The number of hydrogen-bond donors (Lipinski definition) is 1. The number of amides is 1. The van der Waals surface area contributed by atoms with E-state index in [2.05, 4.69) is 15.0 Å². The number of thiazole rings is 1. The van der Waals surface area contributed by atoms with Gasteiger partial charge in [-0.1, -0.05) is 11.6 Å². The Morgan fingerprint density at radius 1 is 1.40 bits per heavy atom. The van der Waals surface area contributed by atoms with Gasteiger partial charge in [0.25, 0.3) is 0 Å². The summed E-state index contributed by atoms with van der Waals surface area (Å²) in [5.41, 5.74) is 5.73. The molecule has 1 aliphatic rings. The van der Waals surface area contributed by atoms with Gasteiger partial charge in [-0.3, -0.25) is 0 Å². The molecule has 2 aromatic rings. The monoisotopic (exact) mass is 381 g/mol. The Bertz CT molecular complexity index is 789. The van der Waals surface area contributed by atoms with Crippen LogP contribution in [0.5, 0.6) is 0 Å². The first-order valence-electron chi connectivity index (χ1n) is 7.95. The smallest absolute Gasteiger partial charge is 0.410 e. The Morgan fingerprint density at radius 2 is 2.16 bits per heavy atom. The topological polar surface area (TPSA) is 94.2 Å². The number of nitrogen functional groups attached to an aromatic ring is 1. The van der Waals surface area contributed by atoms with Crippen molar-refractivity contribution in [3.63, 3.8) is 0 Å². The third-order valence-corrected chi connectivity index (χ3v) is 5.15. The predicted molar refractivity (Wildman–Crippen MR) is 97.7 cm³/mol. The lowest BCUT2D eigenvalue weighted by Gasteiger charge is -2.24. The van der Waals surface area contributed by atoms with E-state index < -0.39 is 5.60 Å². The number of aromatic nitrogens is 3. The molecule has 2 N–H and O–H groups in total. The van der Waals surface area contributed by atoms with Crippen LogP contribution < -0.4 is 5.73 Å². The molecule has 1 atom stereocenters. The van der Waals surface area contributed by atoms with E-state index >= 15 is 0 Å². The minimum atomic E-state index is -0.493. The number of anilines is 1. The quantitative estimate of drug-likeness (QED) is 0.854. The van der Waals surface area contributed by atoms with Crippen molar-refractivity contribution in [3.8, 4) is 10.6 Å². The van der Waals surface area contributed by atoms with E-state index in [1.807, 2.05) is 20.8 Å². The van der Waals surface area contributed by atoms with Crippen LogP contribution in [0.3, 0.4) is 0 Å². The average molecular weight is 382 g/mol. The number of carbonyl (C=O) groups is 1. The first-order valence-corrected chi connectivity index (χ1v) is 9.14. The molecular formula is C16H20ClN5O2S. The van der Waals surface area contributed by atoms with Gasteiger partial charge in [0, 0.05) is 25.2 Å². The number of likely N-dealkylation sites (tertiary alicyclic amines) is 1. The van der Waals surface area contributed by atoms with Gasteiger partial charge in [0.05, 0.1) is 21.1 Å². The molecule has 25 heavy (non-hydrogen) atoms. The highest BCUT2D eigenvalue weighted by Crippen LogP contribution is 2.36. The fraction of sp³-hybridized carbons (Fsp3) is 0.500. The van der Waals surface area contributed by atoms with Crippen LogP contribution in [-0.4, -0.2) is 44.6 Å². The second kappa shape index (κ2) is 6.76. The second-order valence-corrected chi connectivity index (χ2v) is 8.37. The van der Waals surface area contributed by atoms with Crippen molar-refractivity contribution in [2.24, 2.45) is 0 Å². The van der Waals surface area contributed by atoms with Crippen LogP contribution >= 0.6 is 22.9 Å². The zero-order chi connectivity index (χ0) is 18.2. The number of hydrogen-bond acceptors (Lipinski definition) is 7. The summed E-state index contributed by atoms with van der Waals surface area (Å²) in [7, 11) is 0. The predicted octanol–water partition coefficient (Wildman–Crippen LogP) is 3.56. The Morgan fingerprint density at radius 3 is 2.88 bits per heavy atom. The lowest BCUT2D eigenvalue weighted by Crippen LogP contribution is -2.35. The van der Waals surface area contributed by atoms with Crippen molar-refractivity contribution in [2.75, 3.05) is 18.8 Å². The van der Waals surface area contributed by atoms with Gasteiger partial charge in [0.15, 0.2) is 0 Å². The summed E-state index contributed by atoms with van der Waals surface area (Å²) in [4.78, 5) is 27.3. The molecule has 0 saturated carbocycles. The van der Waals surface area contributed by atoms with E-state index in [1.165, 1.54) is 17.5 Å². The van der Waals surface area contributed by atoms with Gasteiger partial charge in [-0.15, -0.1) is 11.3 Å². The molecule has 0 aromatic carbocycles. The molecule has 7 nitrogen and oxygen atoms in total. The third-order valence-electron chi connectivity index (χ3n) is 3.71. The van der Waals surface area contributed by atoms with Gasteiger partial charge in [0.2, 0.25) is 5.95 Å². The summed E-state index contributed by atoms with van der Waals surface area (Å²) in [6, 6.07) is 0. The van der Waals surface area contributed by atoms with Gasteiger partial charge in [0.1, 0.15) is 11.3 Å². The highest BCUT2D eigenvalue weighted by atomic mass is 35.5. The molecule has 0 spiro atoms. The lowest BCUT2D eigenvalue weighted by atomic mass is 10.1. The van der Waals surface area contributed by atoms with Crippen molar-refractivity contribution < 1.29 is 9.53 Å². The van der Waals surface area contributed by atoms with Gasteiger partial charge in [-0.25, -0.2) is 19.7 Å². The van der Waals surface area contributed by atoms with Crippen molar-refractivity contribution >= 4 is 35.0 Å². The highest BCUT2D eigenvalue weighted by molar-refractivity contribution is 7.15. The molecule has 0 radical (unpaired) electrons. The fourth-order valence-electron chi connectivity index (χ4n) is 2.59. The molecule has 1 aliphatic heterocycles. The standard InChI is InChI=1S/C16H20ClN5O2S/c1-16(2,3)24-15(23)22-5-4-9(8-22)13-19-7-11(25-13)12-10(17)6-20-14(18)21-12/h6-7,9H,4-5,8H2,1-3H3,(H2,18,20,21). The van der Waals surface area contributed by atoms with Crippen molar-refractivity contribution in [1.29, 1.82) is 0 Å². The summed E-state index contributed by atoms with van der Waals surface area (Å²) in [6.07, 6.45) is 3.80. The summed E-state index contributed by atoms with van der Waals surface area (Å²) in [5, 5.41) is 1.39. The number of carbonyl (C=O) groups excluding carboxylic acids is 1. The number of nitrogens with two attached hydrogens (primary N) is 1. The van der Waals surface area contributed by atoms with E-state index in [-0.39, 0.29) is 18.0 Å². The summed E-state index contributed by atoms with van der Waals surface area (Å²) in [6.45, 7) is 6.85. The summed E-state index contributed by atoms with van der Waals surface area (Å²) < 4.78 is 5.43. The van der Waals surface area contributed by atoms with Gasteiger partial charge < -0.3 is 15.4 Å². The van der Waals surface area contributed by atoms with Crippen molar-refractivity contribution in [2.45, 2.75) is 38.7 Å². The first-order chi connectivity index (χ1) is 11.7. The van der Waals surface area contributed by atoms with E-state index in [1.54, 1.807) is 11.1 Å². The highest BCUT2D eigenvalue weighted by Gasteiger charge is 2.32. The molecule has 1 fully saturated rings. The van der Waals surface area contributed by atoms with Crippen LogP contribution in [0.15, 0.2) is 12.4 Å². The van der Waals surface area contributed by atoms with Crippen LogP contribution in [0.1, 0.15) is 38.1 Å². The van der Waals surface area contributed by atoms with Crippen LogP contribution in [0, 0.1) is 0 Å². The number of rotatable bonds is 2. The fourth-order valence-corrected chi connectivity index (χ4v) is 3.89. The molecule has 0 bridgehead atoms. The molecule has 9 heteroatoms. The Hall–Kier alpha value is -1.93. The summed E-state index contributed by atoms with van der Waals surface area (Å²) in [5.74, 6) is 0.357. The molecule has 0 aliphatic carbocycles. The maximum atomic E-state index is 12.2. The molecule has 3 heterocycles. The van der Waals surface area contributed by atoms with E-state index in [9.17, 15) is 4.79 Å². The second-order valence-electron chi connectivity index (χ2n) is 6.90. The van der Waals surface area contributed by atoms with Gasteiger partial charge in [-0.2, -0.15) is 0 Å². The molecule has 1 amide bonds. The lowest BCUT2D eigenvalue weighted by molar-refractivity contribution is 0.0292. The maximum Gasteiger partial charge on any atom is 0.410 e. The zero-order valence-electron chi connectivity index (χ0n) is 14.3. The van der Waals surface area contributed by atoms with E-state index in [4.69, 9.17) is 22.1 Å². The Balaban J connectivity index is 1.71. The van der Waals surface area contributed by atoms with E-state index in [0.29, 0.717) is 23.8 Å². The van der Waals surface area contributed by atoms with Crippen LogP contribution in [-0.2, 0) is 4.74 Å². The largest absolute Gasteiger partial charge is 0.444 e. The first kappa shape index (κ1) is 17.9. The minimum Gasteiger partial charge on any atom is -0.444 e. The Kier molecular flexibility index (Phi) is 4.83. The number of ether oxygens (including phenoxy) is 1.